The lowest BCUT2D eigenvalue weighted by Crippen LogP contribution is -2.32. The Kier molecular flexibility index (Phi) is 4.94. The summed E-state index contributed by atoms with van der Waals surface area (Å²) in [5.74, 6) is 6.13. The largest absolute Gasteiger partial charge is 0.493 e. The maximum absolute atomic E-state index is 11.2. The summed E-state index contributed by atoms with van der Waals surface area (Å²) in [6.07, 6.45) is 3.41. The number of carbonyl (C=O) groups is 1. The molecule has 1 heterocycles. The number of carbonyl (C=O) groups excluding carboxylic acids is 1. The summed E-state index contributed by atoms with van der Waals surface area (Å²) in [6, 6.07) is 7.74. The Morgan fingerprint density at radius 1 is 1.38 bits per heavy atom. The molecule has 0 unspecified atom stereocenters. The van der Waals surface area contributed by atoms with Gasteiger partial charge < -0.3 is 9.30 Å². The molecule has 1 amide bonds. The predicted molar refractivity (Wildman–Crippen MR) is 80.3 cm³/mol. The topological polar surface area (TPSA) is 82.2 Å². The number of rotatable bonds is 6. The van der Waals surface area contributed by atoms with E-state index in [0.717, 1.165) is 17.0 Å². The second-order valence-electron chi connectivity index (χ2n) is 5.23. The Morgan fingerprint density at radius 2 is 2.10 bits per heavy atom. The van der Waals surface area contributed by atoms with Gasteiger partial charge in [0.2, 0.25) is 0 Å². The highest BCUT2D eigenvalue weighted by Gasteiger charge is 2.05. The third-order valence-electron chi connectivity index (χ3n) is 2.85. The van der Waals surface area contributed by atoms with Gasteiger partial charge in [0, 0.05) is 11.8 Å². The van der Waals surface area contributed by atoms with Gasteiger partial charge in [0.25, 0.3) is 5.91 Å². The molecule has 0 saturated carbocycles. The summed E-state index contributed by atoms with van der Waals surface area (Å²) in [5.41, 5.74) is 3.86. The number of imidazole rings is 1. The van der Waals surface area contributed by atoms with Crippen LogP contribution in [-0.2, 0) is 11.3 Å². The average Bonchev–Trinajstić information content (AvgIpc) is 2.94. The van der Waals surface area contributed by atoms with Gasteiger partial charge in [0.1, 0.15) is 12.3 Å². The van der Waals surface area contributed by atoms with Crippen LogP contribution in [0.2, 0.25) is 0 Å². The molecule has 0 spiro atoms. The number of nitrogens with two attached hydrogens (primary N) is 1. The molecule has 1 aromatic carbocycles. The van der Waals surface area contributed by atoms with Gasteiger partial charge in [0.15, 0.2) is 0 Å². The minimum atomic E-state index is -0.267. The highest BCUT2D eigenvalue weighted by atomic mass is 16.5. The fraction of sp³-hybridized carbons (Fsp3) is 0.333. The molecule has 21 heavy (non-hydrogen) atoms. The lowest BCUT2D eigenvalue weighted by atomic mass is 10.1. The SMILES string of the molecule is CC(C)COc1ccc(-c2cn(CC(=O)NN)cn2)cc1. The van der Waals surface area contributed by atoms with E-state index >= 15 is 0 Å². The molecule has 3 N–H and O–H groups in total. The predicted octanol–water partition coefficient (Wildman–Crippen LogP) is 1.57. The number of nitrogens with zero attached hydrogens (tertiary/aromatic N) is 2. The molecule has 1 aromatic heterocycles. The first-order valence-electron chi connectivity index (χ1n) is 6.83. The minimum Gasteiger partial charge on any atom is -0.493 e. The van der Waals surface area contributed by atoms with Crippen LogP contribution in [0.3, 0.4) is 0 Å². The average molecular weight is 288 g/mol. The molecule has 6 nitrogen and oxygen atoms in total. The molecular formula is C15H20N4O2. The van der Waals surface area contributed by atoms with Gasteiger partial charge in [-0.25, -0.2) is 10.8 Å². The smallest absolute Gasteiger partial charge is 0.253 e. The number of amides is 1. The standard InChI is InChI=1S/C15H20N4O2/c1-11(2)9-21-13-5-3-12(4-6-13)14-7-19(10-17-14)8-15(20)18-16/h3-7,10-11H,8-9,16H2,1-2H3,(H,18,20). The van der Waals surface area contributed by atoms with Crippen LogP contribution in [0.1, 0.15) is 13.8 Å². The van der Waals surface area contributed by atoms with Crippen molar-refractivity contribution in [2.45, 2.75) is 20.4 Å². The summed E-state index contributed by atoms with van der Waals surface area (Å²) in [6.45, 7) is 5.07. The van der Waals surface area contributed by atoms with Gasteiger partial charge in [0.05, 0.1) is 18.6 Å². The van der Waals surface area contributed by atoms with Gasteiger partial charge in [-0.15, -0.1) is 0 Å². The monoisotopic (exact) mass is 288 g/mol. The van der Waals surface area contributed by atoms with Crippen molar-refractivity contribution in [2.24, 2.45) is 11.8 Å². The van der Waals surface area contributed by atoms with Crippen LogP contribution in [0.15, 0.2) is 36.8 Å². The van der Waals surface area contributed by atoms with Crippen molar-refractivity contribution in [3.8, 4) is 17.0 Å². The van der Waals surface area contributed by atoms with Crippen molar-refractivity contribution in [3.05, 3.63) is 36.8 Å². The molecule has 6 heteroatoms. The van der Waals surface area contributed by atoms with Crippen LogP contribution >= 0.6 is 0 Å². The van der Waals surface area contributed by atoms with Gasteiger partial charge >= 0.3 is 0 Å². The first-order valence-corrected chi connectivity index (χ1v) is 6.83. The number of hydrogen-bond donors (Lipinski definition) is 2. The molecular weight excluding hydrogens is 268 g/mol. The molecule has 0 aliphatic carbocycles. The van der Waals surface area contributed by atoms with E-state index in [4.69, 9.17) is 10.6 Å². The van der Waals surface area contributed by atoms with E-state index in [-0.39, 0.29) is 12.5 Å². The van der Waals surface area contributed by atoms with Crippen LogP contribution < -0.4 is 16.0 Å². The summed E-state index contributed by atoms with van der Waals surface area (Å²) >= 11 is 0. The second kappa shape index (κ2) is 6.90. The molecule has 0 fully saturated rings. The van der Waals surface area contributed by atoms with Crippen LogP contribution in [0.25, 0.3) is 11.3 Å². The fourth-order valence-electron chi connectivity index (χ4n) is 1.79. The quantitative estimate of drug-likeness (QED) is 0.480. The molecule has 0 bridgehead atoms. The van der Waals surface area contributed by atoms with Crippen LogP contribution in [-0.4, -0.2) is 22.1 Å². The maximum atomic E-state index is 11.2. The van der Waals surface area contributed by atoms with E-state index in [1.54, 1.807) is 17.1 Å². The first-order chi connectivity index (χ1) is 10.1. The molecule has 0 atom stereocenters. The van der Waals surface area contributed by atoms with Gasteiger partial charge in [-0.2, -0.15) is 0 Å². The number of hydrogen-bond acceptors (Lipinski definition) is 4. The molecule has 0 radical (unpaired) electrons. The number of ether oxygens (including phenoxy) is 1. The van der Waals surface area contributed by atoms with E-state index in [2.05, 4.69) is 24.3 Å². The fourth-order valence-corrected chi connectivity index (χ4v) is 1.79. The molecule has 112 valence electrons. The highest BCUT2D eigenvalue weighted by molar-refractivity contribution is 5.75. The number of benzene rings is 1. The number of aromatic nitrogens is 2. The van der Waals surface area contributed by atoms with Crippen molar-refractivity contribution >= 4 is 5.91 Å². The lowest BCUT2D eigenvalue weighted by molar-refractivity contribution is -0.121. The Balaban J connectivity index is 2.03. The number of hydrazine groups is 1. The summed E-state index contributed by atoms with van der Waals surface area (Å²) in [4.78, 5) is 15.5. The zero-order valence-corrected chi connectivity index (χ0v) is 12.2. The van der Waals surface area contributed by atoms with Crippen LogP contribution in [0, 0.1) is 5.92 Å². The Hall–Kier alpha value is -2.34. The van der Waals surface area contributed by atoms with Crippen molar-refractivity contribution in [1.82, 2.24) is 15.0 Å². The van der Waals surface area contributed by atoms with Crippen LogP contribution in [0.4, 0.5) is 0 Å². The van der Waals surface area contributed by atoms with E-state index < -0.39 is 0 Å². The van der Waals surface area contributed by atoms with E-state index in [0.29, 0.717) is 12.5 Å². The Morgan fingerprint density at radius 3 is 2.71 bits per heavy atom. The van der Waals surface area contributed by atoms with E-state index in [1.165, 1.54) is 0 Å². The van der Waals surface area contributed by atoms with Gasteiger partial charge in [-0.05, 0) is 30.2 Å². The minimum absolute atomic E-state index is 0.152. The van der Waals surface area contributed by atoms with Gasteiger partial charge in [-0.3, -0.25) is 10.2 Å². The molecule has 2 aromatic rings. The summed E-state index contributed by atoms with van der Waals surface area (Å²) in [5, 5.41) is 0. The second-order valence-corrected chi connectivity index (χ2v) is 5.23. The Labute approximate surface area is 123 Å². The van der Waals surface area contributed by atoms with Crippen molar-refractivity contribution < 1.29 is 9.53 Å². The van der Waals surface area contributed by atoms with Crippen molar-refractivity contribution in [3.63, 3.8) is 0 Å². The van der Waals surface area contributed by atoms with Gasteiger partial charge in [-0.1, -0.05) is 13.8 Å². The lowest BCUT2D eigenvalue weighted by Gasteiger charge is -2.08. The molecule has 0 aliphatic rings. The number of nitrogens with one attached hydrogen (secondary N) is 1. The zero-order valence-electron chi connectivity index (χ0n) is 12.2. The van der Waals surface area contributed by atoms with Crippen molar-refractivity contribution in [2.75, 3.05) is 6.61 Å². The molecule has 2 rings (SSSR count). The van der Waals surface area contributed by atoms with E-state index in [1.807, 2.05) is 24.3 Å². The van der Waals surface area contributed by atoms with E-state index in [9.17, 15) is 4.79 Å². The van der Waals surface area contributed by atoms with Crippen LogP contribution in [0.5, 0.6) is 5.75 Å². The normalized spacial score (nSPS) is 10.7. The third-order valence-corrected chi connectivity index (χ3v) is 2.85. The van der Waals surface area contributed by atoms with Crippen molar-refractivity contribution in [1.29, 1.82) is 0 Å². The highest BCUT2D eigenvalue weighted by Crippen LogP contribution is 2.21. The summed E-state index contributed by atoms with van der Waals surface area (Å²) in [7, 11) is 0. The summed E-state index contributed by atoms with van der Waals surface area (Å²) < 4.78 is 7.32. The zero-order chi connectivity index (χ0) is 15.2. The molecule has 0 saturated heterocycles. The Bertz CT molecular complexity index is 590. The third kappa shape index (κ3) is 4.32. The molecule has 0 aliphatic heterocycles. The first kappa shape index (κ1) is 15.1. The maximum Gasteiger partial charge on any atom is 0.253 e.